The van der Waals surface area contributed by atoms with E-state index in [0.717, 1.165) is 27.8 Å². The molecule has 3 heteroatoms. The summed E-state index contributed by atoms with van der Waals surface area (Å²) < 4.78 is 11.3. The molecule has 1 aliphatic carbocycles. The van der Waals surface area contributed by atoms with Gasteiger partial charge in [0.15, 0.2) is 11.6 Å². The summed E-state index contributed by atoms with van der Waals surface area (Å²) in [4.78, 5) is 12.5. The number of rotatable bonds is 1. The summed E-state index contributed by atoms with van der Waals surface area (Å²) in [6, 6.07) is 13.6. The first-order valence-electron chi connectivity index (χ1n) is 6.76. The minimum Gasteiger partial charge on any atom is -0.344 e. The molecule has 1 saturated heterocycles. The highest BCUT2D eigenvalue weighted by Gasteiger charge is 2.35. The van der Waals surface area contributed by atoms with Crippen molar-refractivity contribution >= 4 is 5.78 Å². The van der Waals surface area contributed by atoms with Crippen LogP contribution in [0.1, 0.15) is 28.4 Å². The van der Waals surface area contributed by atoms with E-state index in [0.29, 0.717) is 13.2 Å². The molecule has 0 atom stereocenters. The van der Waals surface area contributed by atoms with E-state index < -0.39 is 5.79 Å². The fourth-order valence-corrected chi connectivity index (χ4v) is 2.99. The lowest BCUT2D eigenvalue weighted by Gasteiger charge is -2.23. The van der Waals surface area contributed by atoms with Gasteiger partial charge in [-0.1, -0.05) is 36.4 Å². The van der Waals surface area contributed by atoms with Crippen LogP contribution in [0.3, 0.4) is 0 Å². The highest BCUT2D eigenvalue weighted by atomic mass is 16.7. The Morgan fingerprint density at radius 1 is 0.900 bits per heavy atom. The third-order valence-corrected chi connectivity index (χ3v) is 4.09. The summed E-state index contributed by atoms with van der Waals surface area (Å²) in [6.07, 6.45) is 0. The first kappa shape index (κ1) is 11.8. The van der Waals surface area contributed by atoms with Gasteiger partial charge in [-0.25, -0.2) is 0 Å². The number of ether oxygens (including phenoxy) is 2. The van der Waals surface area contributed by atoms with E-state index in [1.807, 2.05) is 49.4 Å². The van der Waals surface area contributed by atoms with Crippen molar-refractivity contribution in [2.24, 2.45) is 0 Å². The van der Waals surface area contributed by atoms with Crippen LogP contribution >= 0.6 is 0 Å². The lowest BCUT2D eigenvalue weighted by Crippen LogP contribution is -2.22. The van der Waals surface area contributed by atoms with Crippen molar-refractivity contribution in [3.8, 4) is 11.1 Å². The van der Waals surface area contributed by atoms with Crippen LogP contribution in [0.2, 0.25) is 0 Å². The van der Waals surface area contributed by atoms with E-state index in [-0.39, 0.29) is 5.78 Å². The van der Waals surface area contributed by atoms with Crippen LogP contribution in [0.15, 0.2) is 42.5 Å². The Morgan fingerprint density at radius 3 is 2.30 bits per heavy atom. The predicted octanol–water partition coefficient (Wildman–Crippen LogP) is 3.12. The van der Waals surface area contributed by atoms with E-state index in [1.54, 1.807) is 0 Å². The van der Waals surface area contributed by atoms with Gasteiger partial charge >= 0.3 is 0 Å². The number of hydrogen-bond donors (Lipinski definition) is 0. The Labute approximate surface area is 117 Å². The maximum atomic E-state index is 12.5. The molecule has 2 aromatic carbocycles. The van der Waals surface area contributed by atoms with Crippen molar-refractivity contribution in [1.82, 2.24) is 0 Å². The maximum absolute atomic E-state index is 12.5. The van der Waals surface area contributed by atoms with Crippen molar-refractivity contribution in [2.75, 3.05) is 13.2 Å². The van der Waals surface area contributed by atoms with E-state index in [4.69, 9.17) is 9.47 Å². The lowest BCUT2D eigenvalue weighted by atomic mass is 9.99. The molecule has 0 unspecified atom stereocenters. The summed E-state index contributed by atoms with van der Waals surface area (Å²) in [7, 11) is 0. The van der Waals surface area contributed by atoms with Crippen molar-refractivity contribution in [2.45, 2.75) is 12.7 Å². The monoisotopic (exact) mass is 266 g/mol. The predicted molar refractivity (Wildman–Crippen MR) is 74.6 cm³/mol. The highest BCUT2D eigenvalue weighted by Crippen LogP contribution is 2.39. The third-order valence-electron chi connectivity index (χ3n) is 4.09. The van der Waals surface area contributed by atoms with Crippen molar-refractivity contribution in [3.05, 3.63) is 59.2 Å². The molecule has 1 heterocycles. The summed E-state index contributed by atoms with van der Waals surface area (Å²) in [5.41, 5.74) is 4.42. The Morgan fingerprint density at radius 2 is 1.55 bits per heavy atom. The SMILES string of the molecule is CC1(c2ccc3c(c2)C(=O)c2ccccc2-3)OCCO1. The van der Waals surface area contributed by atoms with Gasteiger partial charge in [-0.05, 0) is 24.1 Å². The molecule has 4 rings (SSSR count). The number of carbonyl (C=O) groups excluding carboxylic acids is 1. The summed E-state index contributed by atoms with van der Waals surface area (Å²) in [5.74, 6) is -0.650. The van der Waals surface area contributed by atoms with Crippen LogP contribution in [-0.4, -0.2) is 19.0 Å². The zero-order valence-electron chi connectivity index (χ0n) is 11.2. The molecule has 20 heavy (non-hydrogen) atoms. The second kappa shape index (κ2) is 4.01. The number of hydrogen-bond acceptors (Lipinski definition) is 3. The van der Waals surface area contributed by atoms with Crippen LogP contribution in [-0.2, 0) is 15.3 Å². The van der Waals surface area contributed by atoms with Gasteiger partial charge in [-0.15, -0.1) is 0 Å². The van der Waals surface area contributed by atoms with Crippen molar-refractivity contribution in [3.63, 3.8) is 0 Å². The molecule has 0 bridgehead atoms. The zero-order chi connectivity index (χ0) is 13.7. The van der Waals surface area contributed by atoms with Crippen LogP contribution in [0.25, 0.3) is 11.1 Å². The van der Waals surface area contributed by atoms with E-state index in [2.05, 4.69) is 0 Å². The topological polar surface area (TPSA) is 35.5 Å². The largest absolute Gasteiger partial charge is 0.344 e. The first-order valence-corrected chi connectivity index (χ1v) is 6.76. The standard InChI is InChI=1S/C17H14O3/c1-17(19-8-9-20-17)11-6-7-13-12-4-2-3-5-14(12)16(18)15(13)10-11/h2-7,10H,8-9H2,1H3. The quantitative estimate of drug-likeness (QED) is 0.679. The molecule has 0 saturated carbocycles. The van der Waals surface area contributed by atoms with Crippen LogP contribution in [0.4, 0.5) is 0 Å². The highest BCUT2D eigenvalue weighted by molar-refractivity contribution is 6.21. The second-order valence-electron chi connectivity index (χ2n) is 5.28. The summed E-state index contributed by atoms with van der Waals surface area (Å²) in [5, 5.41) is 0. The zero-order valence-corrected chi connectivity index (χ0v) is 11.2. The van der Waals surface area contributed by atoms with Gasteiger partial charge in [-0.3, -0.25) is 4.79 Å². The summed E-state index contributed by atoms with van der Waals surface area (Å²) >= 11 is 0. The van der Waals surface area contributed by atoms with E-state index in [1.165, 1.54) is 0 Å². The second-order valence-corrected chi connectivity index (χ2v) is 5.28. The number of fused-ring (bicyclic) bond motifs is 3. The Hall–Kier alpha value is -1.97. The molecule has 100 valence electrons. The van der Waals surface area contributed by atoms with Gasteiger partial charge in [0.25, 0.3) is 0 Å². The number of benzene rings is 2. The molecule has 3 nitrogen and oxygen atoms in total. The van der Waals surface area contributed by atoms with Gasteiger partial charge in [-0.2, -0.15) is 0 Å². The fraction of sp³-hybridized carbons (Fsp3) is 0.235. The normalized spacial score (nSPS) is 18.9. The number of carbonyl (C=O) groups is 1. The molecule has 1 fully saturated rings. The minimum atomic E-state index is -0.732. The fourth-order valence-electron chi connectivity index (χ4n) is 2.99. The van der Waals surface area contributed by atoms with E-state index in [9.17, 15) is 4.79 Å². The third kappa shape index (κ3) is 1.51. The smallest absolute Gasteiger partial charge is 0.194 e. The number of ketones is 1. The van der Waals surface area contributed by atoms with Gasteiger partial charge in [0, 0.05) is 16.7 Å². The molecule has 0 radical (unpaired) electrons. The first-order chi connectivity index (χ1) is 9.69. The molecule has 0 amide bonds. The molecule has 0 aromatic heterocycles. The molecule has 0 N–H and O–H groups in total. The Kier molecular flexibility index (Phi) is 2.37. The lowest BCUT2D eigenvalue weighted by molar-refractivity contribution is -0.149. The molecule has 0 spiro atoms. The average molecular weight is 266 g/mol. The summed E-state index contributed by atoms with van der Waals surface area (Å²) in [6.45, 7) is 3.07. The average Bonchev–Trinajstić information content (AvgIpc) is 3.04. The Bertz CT molecular complexity index is 712. The maximum Gasteiger partial charge on any atom is 0.194 e. The molecule has 2 aliphatic rings. The molecular formula is C17H14O3. The molecular weight excluding hydrogens is 252 g/mol. The van der Waals surface area contributed by atoms with Crippen LogP contribution in [0.5, 0.6) is 0 Å². The molecule has 2 aromatic rings. The van der Waals surface area contributed by atoms with E-state index >= 15 is 0 Å². The minimum absolute atomic E-state index is 0.0825. The van der Waals surface area contributed by atoms with Gasteiger partial charge < -0.3 is 9.47 Å². The molecule has 1 aliphatic heterocycles. The van der Waals surface area contributed by atoms with Crippen LogP contribution in [0, 0.1) is 0 Å². The van der Waals surface area contributed by atoms with Gasteiger partial charge in [0.2, 0.25) is 0 Å². The Balaban J connectivity index is 1.86. The van der Waals surface area contributed by atoms with Gasteiger partial charge in [0.1, 0.15) is 0 Å². The van der Waals surface area contributed by atoms with Gasteiger partial charge in [0.05, 0.1) is 13.2 Å². The van der Waals surface area contributed by atoms with Crippen LogP contribution < -0.4 is 0 Å². The van der Waals surface area contributed by atoms with Crippen molar-refractivity contribution < 1.29 is 14.3 Å². The van der Waals surface area contributed by atoms with Crippen molar-refractivity contribution in [1.29, 1.82) is 0 Å².